The molecule has 5 rings (SSSR count). The third-order valence-corrected chi connectivity index (χ3v) is 8.22. The van der Waals surface area contributed by atoms with Gasteiger partial charge in [-0.1, -0.05) is 0 Å². The molecule has 188 valence electrons. The number of nitrogens with one attached hydrogen (secondary N) is 2. The van der Waals surface area contributed by atoms with E-state index < -0.39 is 22.2 Å². The van der Waals surface area contributed by atoms with Crippen molar-refractivity contribution >= 4 is 21.6 Å². The lowest BCUT2D eigenvalue weighted by atomic mass is 9.84. The fraction of sp³-hybridized carbons (Fsp3) is 0.480. The number of amides is 1. The summed E-state index contributed by atoms with van der Waals surface area (Å²) in [5.74, 6) is 1.61. The van der Waals surface area contributed by atoms with Gasteiger partial charge in [-0.05, 0) is 67.6 Å². The minimum atomic E-state index is -3.80. The predicted molar refractivity (Wildman–Crippen MR) is 128 cm³/mol. The number of carbonyl (C=O) groups is 1. The Kier molecular flexibility index (Phi) is 6.61. The summed E-state index contributed by atoms with van der Waals surface area (Å²) in [6.45, 7) is 0.469. The molecule has 0 radical (unpaired) electrons. The van der Waals surface area contributed by atoms with Crippen molar-refractivity contribution in [3.63, 3.8) is 0 Å². The Bertz CT molecular complexity index is 1180. The summed E-state index contributed by atoms with van der Waals surface area (Å²) in [4.78, 5) is 12.5. The largest absolute Gasteiger partial charge is 0.497 e. The highest BCUT2D eigenvalue weighted by molar-refractivity contribution is 7.92. The van der Waals surface area contributed by atoms with Crippen LogP contribution in [-0.4, -0.2) is 58.0 Å². The zero-order chi connectivity index (χ0) is 24.6. The first kappa shape index (κ1) is 23.9. The van der Waals surface area contributed by atoms with E-state index >= 15 is 0 Å². The quantitative estimate of drug-likeness (QED) is 0.481. The van der Waals surface area contributed by atoms with Crippen molar-refractivity contribution in [1.82, 2.24) is 5.32 Å². The number of ether oxygens (including phenoxy) is 3. The van der Waals surface area contributed by atoms with E-state index in [1.807, 2.05) is 0 Å². The zero-order valence-corrected chi connectivity index (χ0v) is 20.3. The minimum Gasteiger partial charge on any atom is -0.497 e. The molecule has 2 aromatic carbocycles. The molecular weight excluding hydrogens is 472 g/mol. The monoisotopic (exact) mass is 502 g/mol. The molecule has 1 amide bonds. The van der Waals surface area contributed by atoms with Gasteiger partial charge in [-0.15, -0.1) is 0 Å². The van der Waals surface area contributed by atoms with Crippen LogP contribution >= 0.6 is 0 Å². The van der Waals surface area contributed by atoms with Gasteiger partial charge in [-0.2, -0.15) is 0 Å². The number of aliphatic hydroxyl groups is 1. The molecule has 0 unspecified atom stereocenters. The number of aliphatic hydroxyl groups excluding tert-OH is 1. The highest BCUT2D eigenvalue weighted by Crippen LogP contribution is 2.47. The Morgan fingerprint density at radius 1 is 1.17 bits per heavy atom. The Morgan fingerprint density at radius 2 is 1.94 bits per heavy atom. The number of benzene rings is 2. The van der Waals surface area contributed by atoms with Crippen LogP contribution in [-0.2, 0) is 19.6 Å². The summed E-state index contributed by atoms with van der Waals surface area (Å²) in [7, 11) is -2.28. The van der Waals surface area contributed by atoms with Crippen LogP contribution in [0, 0.1) is 5.92 Å². The van der Waals surface area contributed by atoms with Crippen LogP contribution in [0.15, 0.2) is 47.4 Å². The summed E-state index contributed by atoms with van der Waals surface area (Å²) >= 11 is 0. The first-order chi connectivity index (χ1) is 16.9. The number of hydrogen-bond donors (Lipinski definition) is 3. The molecule has 0 spiro atoms. The molecule has 10 heteroatoms. The number of carbonyl (C=O) groups excluding carboxylic acids is 1. The summed E-state index contributed by atoms with van der Waals surface area (Å²) in [6.07, 6.45) is 1.76. The Morgan fingerprint density at radius 3 is 2.63 bits per heavy atom. The summed E-state index contributed by atoms with van der Waals surface area (Å²) in [6, 6.07) is 11.3. The second-order valence-electron chi connectivity index (χ2n) is 9.39. The van der Waals surface area contributed by atoms with Crippen LogP contribution in [0.5, 0.6) is 11.5 Å². The second-order valence-corrected chi connectivity index (χ2v) is 11.1. The van der Waals surface area contributed by atoms with Gasteiger partial charge in [0.05, 0.1) is 31.1 Å². The highest BCUT2D eigenvalue weighted by Gasteiger charge is 2.46. The Hall–Kier alpha value is -2.82. The number of sulfonamides is 1. The molecule has 35 heavy (non-hydrogen) atoms. The van der Waals surface area contributed by atoms with Gasteiger partial charge in [0, 0.05) is 23.7 Å². The first-order valence-corrected chi connectivity index (χ1v) is 13.3. The van der Waals surface area contributed by atoms with Gasteiger partial charge >= 0.3 is 0 Å². The number of rotatable bonds is 9. The maximum atomic E-state index is 12.9. The molecule has 2 aliphatic heterocycles. The molecule has 2 heterocycles. The smallest absolute Gasteiger partial charge is 0.261 e. The maximum Gasteiger partial charge on any atom is 0.261 e. The van der Waals surface area contributed by atoms with E-state index in [9.17, 15) is 18.3 Å². The van der Waals surface area contributed by atoms with Crippen molar-refractivity contribution in [2.45, 2.75) is 54.8 Å². The average Bonchev–Trinajstić information content (AvgIpc) is 3.62. The van der Waals surface area contributed by atoms with Crippen LogP contribution in [0.3, 0.4) is 0 Å². The van der Waals surface area contributed by atoms with Crippen LogP contribution in [0.25, 0.3) is 0 Å². The zero-order valence-electron chi connectivity index (χ0n) is 19.5. The van der Waals surface area contributed by atoms with Crippen LogP contribution in [0.2, 0.25) is 0 Å². The van der Waals surface area contributed by atoms with E-state index in [0.717, 1.165) is 18.4 Å². The van der Waals surface area contributed by atoms with Gasteiger partial charge in [-0.3, -0.25) is 9.52 Å². The van der Waals surface area contributed by atoms with Gasteiger partial charge in [0.1, 0.15) is 23.7 Å². The first-order valence-electron chi connectivity index (χ1n) is 11.9. The third-order valence-electron chi connectivity index (χ3n) is 6.82. The number of hydrogen-bond acceptors (Lipinski definition) is 7. The molecular formula is C25H30N2O7S. The molecule has 3 aliphatic rings. The highest BCUT2D eigenvalue weighted by atomic mass is 32.2. The number of fused-ring (bicyclic) bond motifs is 3. The Balaban J connectivity index is 1.31. The predicted octanol–water partition coefficient (Wildman–Crippen LogP) is 2.41. The van der Waals surface area contributed by atoms with Crippen molar-refractivity contribution in [2.75, 3.05) is 25.0 Å². The van der Waals surface area contributed by atoms with E-state index in [1.165, 1.54) is 19.2 Å². The van der Waals surface area contributed by atoms with Crippen LogP contribution in [0.4, 0.5) is 5.69 Å². The topological polar surface area (TPSA) is 123 Å². The van der Waals surface area contributed by atoms with Crippen molar-refractivity contribution in [3.8, 4) is 11.5 Å². The average molecular weight is 503 g/mol. The van der Waals surface area contributed by atoms with E-state index in [0.29, 0.717) is 36.1 Å². The summed E-state index contributed by atoms with van der Waals surface area (Å²) in [5.41, 5.74) is 1.25. The van der Waals surface area contributed by atoms with Crippen molar-refractivity contribution in [2.24, 2.45) is 5.92 Å². The van der Waals surface area contributed by atoms with Gasteiger partial charge in [0.25, 0.3) is 10.0 Å². The van der Waals surface area contributed by atoms with Gasteiger partial charge in [0.2, 0.25) is 5.91 Å². The Labute approximate surface area is 204 Å². The SMILES string of the molecule is COc1ccc(S(=O)(=O)Nc2ccc3c(c2)[C@H]2C[C@H](CC(=O)NCC4CC4)O[C@H](CO)[C@H]2O3)cc1. The molecule has 0 aromatic heterocycles. The molecule has 1 aliphatic carbocycles. The summed E-state index contributed by atoms with van der Waals surface area (Å²) in [5, 5.41) is 12.9. The fourth-order valence-corrected chi connectivity index (χ4v) is 5.83. The number of methoxy groups -OCH3 is 1. The molecule has 9 nitrogen and oxygen atoms in total. The fourth-order valence-electron chi connectivity index (χ4n) is 4.78. The van der Waals surface area contributed by atoms with E-state index in [2.05, 4.69) is 10.0 Å². The van der Waals surface area contributed by atoms with Gasteiger partial charge in [0.15, 0.2) is 0 Å². The lowest BCUT2D eigenvalue weighted by molar-refractivity contribution is -0.142. The molecule has 1 saturated heterocycles. The maximum absolute atomic E-state index is 12.9. The van der Waals surface area contributed by atoms with Crippen LogP contribution in [0.1, 0.15) is 37.2 Å². The van der Waals surface area contributed by atoms with E-state index in [1.54, 1.807) is 30.3 Å². The normalized spacial score (nSPS) is 25.2. The van der Waals surface area contributed by atoms with E-state index in [4.69, 9.17) is 14.2 Å². The minimum absolute atomic E-state index is 0.0582. The third kappa shape index (κ3) is 5.24. The van der Waals surface area contributed by atoms with E-state index in [-0.39, 0.29) is 35.9 Å². The molecule has 4 atom stereocenters. The van der Waals surface area contributed by atoms with Crippen LogP contribution < -0.4 is 19.5 Å². The van der Waals surface area contributed by atoms with Crippen molar-refractivity contribution < 1.29 is 32.5 Å². The number of anilines is 1. The second kappa shape index (κ2) is 9.67. The molecule has 3 N–H and O–H groups in total. The van der Waals surface area contributed by atoms with Gasteiger partial charge in [-0.25, -0.2) is 8.42 Å². The molecule has 0 bridgehead atoms. The lowest BCUT2D eigenvalue weighted by Gasteiger charge is -2.37. The standard InChI is InChI=1S/C25H30N2O7S/c1-32-17-5-7-19(8-6-17)35(30,31)27-16-4-9-22-20(10-16)21-11-18(33-23(14-28)25(21)34-22)12-24(29)26-13-15-2-3-15/h4-10,15,18,21,23,25,27-28H,2-3,11-14H2,1H3,(H,26,29)/t18-,21-,23-,25+/m1/s1. The van der Waals surface area contributed by atoms with Crippen molar-refractivity contribution in [1.29, 1.82) is 0 Å². The summed E-state index contributed by atoms with van der Waals surface area (Å²) < 4.78 is 45.6. The molecule has 2 fully saturated rings. The lowest BCUT2D eigenvalue weighted by Crippen LogP contribution is -2.47. The van der Waals surface area contributed by atoms with Crippen molar-refractivity contribution in [3.05, 3.63) is 48.0 Å². The molecule has 2 aromatic rings. The molecule has 1 saturated carbocycles. The van der Waals surface area contributed by atoms with Gasteiger partial charge < -0.3 is 24.6 Å².